The Balaban J connectivity index is 2.56. The van der Waals surface area contributed by atoms with E-state index < -0.39 is 0 Å². The van der Waals surface area contributed by atoms with Crippen molar-refractivity contribution in [3.05, 3.63) is 29.5 Å². The average Bonchev–Trinajstić information content (AvgIpc) is 2.76. The lowest BCUT2D eigenvalue weighted by Gasteiger charge is -2.16. The van der Waals surface area contributed by atoms with E-state index in [9.17, 15) is 5.26 Å². The Morgan fingerprint density at radius 3 is 2.71 bits per heavy atom. The van der Waals surface area contributed by atoms with Crippen molar-refractivity contribution < 1.29 is 4.74 Å². The lowest BCUT2D eigenvalue weighted by atomic mass is 10.1. The number of nitrogens with two attached hydrogens (primary N) is 1. The molecule has 0 spiro atoms. The summed E-state index contributed by atoms with van der Waals surface area (Å²) in [5, 5.41) is 16.9. The third-order valence-corrected chi connectivity index (χ3v) is 3.23. The molecule has 0 aliphatic carbocycles. The van der Waals surface area contributed by atoms with Gasteiger partial charge in [-0.15, -0.1) is 0 Å². The molecule has 2 rings (SSSR count). The molecule has 6 heteroatoms. The molecule has 1 aromatic carbocycles. The molecular formula is C15H19N5O. The Hall–Kier alpha value is -2.68. The standard InChI is InChI=1S/C15H19N5O/c1-9(2)20-15(13(17)10(3)19-20)18-14-11(8-16)6-5-7-12(14)21-4/h5-7,9,18H,17H2,1-4H3. The highest BCUT2D eigenvalue weighted by Gasteiger charge is 2.18. The van der Waals surface area contributed by atoms with Gasteiger partial charge in [-0.2, -0.15) is 10.4 Å². The summed E-state index contributed by atoms with van der Waals surface area (Å²) in [5.74, 6) is 1.26. The van der Waals surface area contributed by atoms with Gasteiger partial charge in [0.2, 0.25) is 0 Å². The second-order valence-corrected chi connectivity index (χ2v) is 5.01. The number of nitrogens with one attached hydrogen (secondary N) is 1. The lowest BCUT2D eigenvalue weighted by Crippen LogP contribution is -2.09. The third-order valence-electron chi connectivity index (χ3n) is 3.23. The Labute approximate surface area is 124 Å². The number of methoxy groups -OCH3 is 1. The van der Waals surface area contributed by atoms with Gasteiger partial charge in [-0.3, -0.25) is 0 Å². The van der Waals surface area contributed by atoms with Crippen LogP contribution in [-0.4, -0.2) is 16.9 Å². The minimum Gasteiger partial charge on any atom is -0.495 e. The number of para-hydroxylation sites is 1. The predicted molar refractivity (Wildman–Crippen MR) is 82.8 cm³/mol. The van der Waals surface area contributed by atoms with Crippen molar-refractivity contribution in [2.45, 2.75) is 26.8 Å². The first-order chi connectivity index (χ1) is 9.99. The highest BCUT2D eigenvalue weighted by Crippen LogP contribution is 2.35. The zero-order valence-electron chi connectivity index (χ0n) is 12.6. The minimum absolute atomic E-state index is 0.142. The molecular weight excluding hydrogens is 266 g/mol. The van der Waals surface area contributed by atoms with Crippen LogP contribution in [0.3, 0.4) is 0 Å². The van der Waals surface area contributed by atoms with Crippen LogP contribution in [0.2, 0.25) is 0 Å². The molecule has 0 saturated heterocycles. The third kappa shape index (κ3) is 2.63. The summed E-state index contributed by atoms with van der Waals surface area (Å²) in [6.07, 6.45) is 0. The van der Waals surface area contributed by atoms with Gasteiger partial charge < -0.3 is 15.8 Å². The first kappa shape index (κ1) is 14.7. The summed E-state index contributed by atoms with van der Waals surface area (Å²) in [4.78, 5) is 0. The number of aromatic nitrogens is 2. The molecule has 110 valence electrons. The summed E-state index contributed by atoms with van der Waals surface area (Å²) in [5.41, 5.74) is 8.50. The van der Waals surface area contributed by atoms with Crippen LogP contribution in [0.25, 0.3) is 0 Å². The van der Waals surface area contributed by atoms with E-state index in [1.54, 1.807) is 30.0 Å². The first-order valence-corrected chi connectivity index (χ1v) is 6.68. The minimum atomic E-state index is 0.142. The van der Waals surface area contributed by atoms with Crippen LogP contribution in [0, 0.1) is 18.3 Å². The number of anilines is 3. The fourth-order valence-electron chi connectivity index (χ4n) is 2.10. The van der Waals surface area contributed by atoms with Crippen LogP contribution in [0.5, 0.6) is 5.75 Å². The highest BCUT2D eigenvalue weighted by atomic mass is 16.5. The fourth-order valence-corrected chi connectivity index (χ4v) is 2.10. The van der Waals surface area contributed by atoms with Crippen molar-refractivity contribution in [1.29, 1.82) is 5.26 Å². The maximum atomic E-state index is 9.27. The van der Waals surface area contributed by atoms with Crippen LogP contribution in [-0.2, 0) is 0 Å². The SMILES string of the molecule is COc1cccc(C#N)c1Nc1c(N)c(C)nn1C(C)C. The molecule has 3 N–H and O–H groups in total. The van der Waals surface area contributed by atoms with Gasteiger partial charge in [0, 0.05) is 6.04 Å². The van der Waals surface area contributed by atoms with E-state index in [-0.39, 0.29) is 6.04 Å². The molecule has 0 bridgehead atoms. The molecule has 21 heavy (non-hydrogen) atoms. The molecule has 1 aromatic heterocycles. The van der Waals surface area contributed by atoms with E-state index in [4.69, 9.17) is 10.5 Å². The van der Waals surface area contributed by atoms with E-state index in [1.807, 2.05) is 20.8 Å². The molecule has 0 radical (unpaired) electrons. The fraction of sp³-hybridized carbons (Fsp3) is 0.333. The molecule has 0 aliphatic rings. The number of ether oxygens (including phenoxy) is 1. The maximum absolute atomic E-state index is 9.27. The zero-order chi connectivity index (χ0) is 15.6. The number of hydrogen-bond donors (Lipinski definition) is 2. The summed E-state index contributed by atoms with van der Waals surface area (Å²) in [6.45, 7) is 5.89. The quantitative estimate of drug-likeness (QED) is 0.901. The summed E-state index contributed by atoms with van der Waals surface area (Å²) >= 11 is 0. The molecule has 0 fully saturated rings. The van der Waals surface area contributed by atoms with Gasteiger partial charge in [-0.25, -0.2) is 4.68 Å². The smallest absolute Gasteiger partial charge is 0.152 e. The van der Waals surface area contributed by atoms with Crippen molar-refractivity contribution in [2.75, 3.05) is 18.2 Å². The Morgan fingerprint density at radius 1 is 1.43 bits per heavy atom. The number of hydrogen-bond acceptors (Lipinski definition) is 5. The topological polar surface area (TPSA) is 88.9 Å². The monoisotopic (exact) mass is 285 g/mol. The maximum Gasteiger partial charge on any atom is 0.152 e. The van der Waals surface area contributed by atoms with Gasteiger partial charge in [0.1, 0.15) is 17.5 Å². The van der Waals surface area contributed by atoms with Gasteiger partial charge in [0.15, 0.2) is 5.82 Å². The van der Waals surface area contributed by atoms with E-state index in [0.717, 1.165) is 5.69 Å². The molecule has 0 aliphatic heterocycles. The van der Waals surface area contributed by atoms with Gasteiger partial charge >= 0.3 is 0 Å². The van der Waals surface area contributed by atoms with E-state index in [0.29, 0.717) is 28.5 Å². The lowest BCUT2D eigenvalue weighted by molar-refractivity contribution is 0.416. The molecule has 6 nitrogen and oxygen atoms in total. The second-order valence-electron chi connectivity index (χ2n) is 5.01. The van der Waals surface area contributed by atoms with Crippen molar-refractivity contribution >= 4 is 17.2 Å². The van der Waals surface area contributed by atoms with Gasteiger partial charge in [-0.05, 0) is 32.9 Å². The van der Waals surface area contributed by atoms with Crippen LogP contribution in [0.4, 0.5) is 17.2 Å². The number of benzene rings is 1. The van der Waals surface area contributed by atoms with Crippen molar-refractivity contribution in [2.24, 2.45) is 0 Å². The predicted octanol–water partition coefficient (Wildman–Crippen LogP) is 2.98. The van der Waals surface area contributed by atoms with Crippen LogP contribution in [0.1, 0.15) is 31.1 Å². The Bertz CT molecular complexity index is 697. The average molecular weight is 285 g/mol. The van der Waals surface area contributed by atoms with Crippen molar-refractivity contribution in [1.82, 2.24) is 9.78 Å². The van der Waals surface area contributed by atoms with Crippen molar-refractivity contribution in [3.63, 3.8) is 0 Å². The van der Waals surface area contributed by atoms with Crippen LogP contribution < -0.4 is 15.8 Å². The summed E-state index contributed by atoms with van der Waals surface area (Å²) < 4.78 is 7.13. The Morgan fingerprint density at radius 2 is 2.14 bits per heavy atom. The number of aryl methyl sites for hydroxylation is 1. The van der Waals surface area contributed by atoms with E-state index in [1.165, 1.54) is 0 Å². The number of nitrogens with zero attached hydrogens (tertiary/aromatic N) is 3. The van der Waals surface area contributed by atoms with Crippen LogP contribution >= 0.6 is 0 Å². The number of nitriles is 1. The largest absolute Gasteiger partial charge is 0.495 e. The van der Waals surface area contributed by atoms with Crippen LogP contribution in [0.15, 0.2) is 18.2 Å². The van der Waals surface area contributed by atoms with E-state index in [2.05, 4.69) is 16.5 Å². The Kier molecular flexibility index (Phi) is 4.03. The van der Waals surface area contributed by atoms with Gasteiger partial charge in [0.05, 0.1) is 24.1 Å². The molecule has 0 amide bonds. The number of rotatable bonds is 4. The van der Waals surface area contributed by atoms with E-state index >= 15 is 0 Å². The second kappa shape index (κ2) is 5.75. The molecule has 2 aromatic rings. The number of nitrogen functional groups attached to an aromatic ring is 1. The first-order valence-electron chi connectivity index (χ1n) is 6.68. The molecule has 1 heterocycles. The summed E-state index contributed by atoms with van der Waals surface area (Å²) in [6, 6.07) is 7.59. The molecule has 0 saturated carbocycles. The van der Waals surface area contributed by atoms with Crippen molar-refractivity contribution in [3.8, 4) is 11.8 Å². The normalized spacial score (nSPS) is 10.5. The summed E-state index contributed by atoms with van der Waals surface area (Å²) in [7, 11) is 1.57. The van der Waals surface area contributed by atoms with Gasteiger partial charge in [-0.1, -0.05) is 6.07 Å². The zero-order valence-corrected chi connectivity index (χ0v) is 12.6. The highest BCUT2D eigenvalue weighted by molar-refractivity contribution is 5.77. The molecule has 0 unspecified atom stereocenters. The van der Waals surface area contributed by atoms with Gasteiger partial charge in [0.25, 0.3) is 0 Å². The molecule has 0 atom stereocenters.